The predicted octanol–water partition coefficient (Wildman–Crippen LogP) is 0.547. The van der Waals surface area contributed by atoms with Gasteiger partial charge in [-0.05, 0) is 32.6 Å². The first-order valence-electron chi connectivity index (χ1n) is 6.39. The van der Waals surface area contributed by atoms with Crippen LogP contribution >= 0.6 is 0 Å². The van der Waals surface area contributed by atoms with Gasteiger partial charge in [0.05, 0.1) is 12.1 Å². The van der Waals surface area contributed by atoms with Crippen molar-refractivity contribution in [2.75, 3.05) is 0 Å². The Balaban J connectivity index is 1.67. The molecular weight excluding hydrogens is 204 g/mol. The molecule has 0 aromatic rings. The lowest BCUT2D eigenvalue weighted by Crippen LogP contribution is -2.53. The van der Waals surface area contributed by atoms with Crippen LogP contribution in [0.4, 0.5) is 0 Å². The Morgan fingerprint density at radius 1 is 1.25 bits per heavy atom. The molecule has 2 aliphatic rings. The number of aliphatic hydroxyl groups excluding tert-OH is 1. The zero-order valence-corrected chi connectivity index (χ0v) is 9.91. The first kappa shape index (κ1) is 11.9. The molecule has 4 nitrogen and oxygen atoms in total. The molecule has 2 rings (SSSR count). The molecule has 2 aliphatic carbocycles. The van der Waals surface area contributed by atoms with E-state index in [-0.39, 0.29) is 18.1 Å². The first-order chi connectivity index (χ1) is 7.65. The lowest BCUT2D eigenvalue weighted by molar-refractivity contribution is -0.124. The van der Waals surface area contributed by atoms with E-state index in [1.54, 1.807) is 0 Å². The second-order valence-electron chi connectivity index (χ2n) is 5.20. The molecule has 0 spiro atoms. The third-order valence-electron chi connectivity index (χ3n) is 3.69. The van der Waals surface area contributed by atoms with Crippen LogP contribution in [0.25, 0.3) is 0 Å². The average molecular weight is 226 g/mol. The standard InChI is InChI=1S/C12H22N2O2/c1-8(13-10-6-11(15)7-10)12(16)14-9-4-2-3-5-9/h8-11,13,15H,2-7H2,1H3,(H,14,16). The minimum atomic E-state index is -0.164. The van der Waals surface area contributed by atoms with Crippen LogP contribution in [0.3, 0.4) is 0 Å². The van der Waals surface area contributed by atoms with Gasteiger partial charge in [0.15, 0.2) is 0 Å². The van der Waals surface area contributed by atoms with Crippen molar-refractivity contribution in [3.63, 3.8) is 0 Å². The monoisotopic (exact) mass is 226 g/mol. The fourth-order valence-electron chi connectivity index (χ4n) is 2.55. The van der Waals surface area contributed by atoms with Gasteiger partial charge in [-0.2, -0.15) is 0 Å². The van der Waals surface area contributed by atoms with E-state index >= 15 is 0 Å². The summed E-state index contributed by atoms with van der Waals surface area (Å²) in [6, 6.07) is 0.571. The van der Waals surface area contributed by atoms with Gasteiger partial charge < -0.3 is 15.7 Å². The quantitative estimate of drug-likeness (QED) is 0.656. The highest BCUT2D eigenvalue weighted by Gasteiger charge is 2.30. The Bertz CT molecular complexity index is 245. The second-order valence-corrected chi connectivity index (χ2v) is 5.20. The van der Waals surface area contributed by atoms with E-state index in [4.69, 9.17) is 5.11 Å². The van der Waals surface area contributed by atoms with Crippen LogP contribution in [0.15, 0.2) is 0 Å². The normalized spacial score (nSPS) is 32.1. The van der Waals surface area contributed by atoms with E-state index < -0.39 is 0 Å². The highest BCUT2D eigenvalue weighted by molar-refractivity contribution is 5.81. The molecule has 0 aromatic carbocycles. The lowest BCUT2D eigenvalue weighted by Gasteiger charge is -2.34. The third kappa shape index (κ3) is 2.95. The minimum absolute atomic E-state index is 0.105. The molecule has 0 bridgehead atoms. The van der Waals surface area contributed by atoms with Crippen LogP contribution in [0, 0.1) is 0 Å². The molecule has 0 aliphatic heterocycles. The van der Waals surface area contributed by atoms with Crippen LogP contribution < -0.4 is 10.6 Å². The van der Waals surface area contributed by atoms with Gasteiger partial charge in [0, 0.05) is 12.1 Å². The molecule has 0 aromatic heterocycles. The van der Waals surface area contributed by atoms with Gasteiger partial charge in [-0.1, -0.05) is 12.8 Å². The molecule has 0 heterocycles. The van der Waals surface area contributed by atoms with E-state index in [0.29, 0.717) is 12.1 Å². The number of aliphatic hydroxyl groups is 1. The Hall–Kier alpha value is -0.610. The van der Waals surface area contributed by atoms with Gasteiger partial charge in [0.1, 0.15) is 0 Å². The van der Waals surface area contributed by atoms with Gasteiger partial charge >= 0.3 is 0 Å². The van der Waals surface area contributed by atoms with E-state index in [9.17, 15) is 4.79 Å². The SMILES string of the molecule is CC(NC1CC(O)C1)C(=O)NC1CCCC1. The van der Waals surface area contributed by atoms with Gasteiger partial charge in [-0.15, -0.1) is 0 Å². The summed E-state index contributed by atoms with van der Waals surface area (Å²) < 4.78 is 0. The summed E-state index contributed by atoms with van der Waals surface area (Å²) in [5.74, 6) is 0.105. The van der Waals surface area contributed by atoms with Crippen LogP contribution in [0.1, 0.15) is 45.4 Å². The molecule has 0 saturated heterocycles. The molecule has 4 heteroatoms. The molecule has 92 valence electrons. The fraction of sp³-hybridized carbons (Fsp3) is 0.917. The summed E-state index contributed by atoms with van der Waals surface area (Å²) in [5.41, 5.74) is 0. The molecule has 3 N–H and O–H groups in total. The van der Waals surface area contributed by atoms with Gasteiger partial charge in [0.25, 0.3) is 0 Å². The van der Waals surface area contributed by atoms with Gasteiger partial charge in [-0.3, -0.25) is 4.79 Å². The smallest absolute Gasteiger partial charge is 0.237 e. The number of nitrogens with one attached hydrogen (secondary N) is 2. The van der Waals surface area contributed by atoms with Crippen molar-refractivity contribution in [3.05, 3.63) is 0 Å². The average Bonchev–Trinajstić information content (AvgIpc) is 2.68. The summed E-state index contributed by atoms with van der Waals surface area (Å²) in [6.07, 6.45) is 6.12. The van der Waals surface area contributed by atoms with Crippen LogP contribution in [-0.2, 0) is 4.79 Å². The van der Waals surface area contributed by atoms with E-state index in [1.165, 1.54) is 12.8 Å². The van der Waals surface area contributed by atoms with E-state index in [1.807, 2.05) is 6.92 Å². The number of rotatable bonds is 4. The molecule has 16 heavy (non-hydrogen) atoms. The number of carbonyl (C=O) groups is 1. The number of amides is 1. The molecule has 0 radical (unpaired) electrons. The summed E-state index contributed by atoms with van der Waals surface area (Å²) >= 11 is 0. The number of carbonyl (C=O) groups excluding carboxylic acids is 1. The second kappa shape index (κ2) is 5.15. The Morgan fingerprint density at radius 3 is 2.44 bits per heavy atom. The van der Waals surface area contributed by atoms with E-state index in [0.717, 1.165) is 25.7 Å². The number of hydrogen-bond acceptors (Lipinski definition) is 3. The topological polar surface area (TPSA) is 61.4 Å². The summed E-state index contributed by atoms with van der Waals surface area (Å²) in [4.78, 5) is 11.8. The molecule has 1 unspecified atom stereocenters. The molecule has 2 saturated carbocycles. The van der Waals surface area contributed by atoms with Crippen molar-refractivity contribution in [1.29, 1.82) is 0 Å². The van der Waals surface area contributed by atoms with Crippen LogP contribution in [0.2, 0.25) is 0 Å². The Labute approximate surface area is 96.8 Å². The highest BCUT2D eigenvalue weighted by Crippen LogP contribution is 2.20. The Morgan fingerprint density at radius 2 is 1.88 bits per heavy atom. The molecule has 1 amide bonds. The molecule has 1 atom stereocenters. The zero-order chi connectivity index (χ0) is 11.5. The van der Waals surface area contributed by atoms with Crippen molar-refractivity contribution in [2.45, 2.75) is 69.7 Å². The van der Waals surface area contributed by atoms with Crippen LogP contribution in [0.5, 0.6) is 0 Å². The maximum atomic E-state index is 11.8. The zero-order valence-electron chi connectivity index (χ0n) is 9.91. The highest BCUT2D eigenvalue weighted by atomic mass is 16.3. The number of hydrogen-bond donors (Lipinski definition) is 3. The lowest BCUT2D eigenvalue weighted by atomic mass is 9.89. The molecular formula is C12H22N2O2. The van der Waals surface area contributed by atoms with Crippen molar-refractivity contribution in [3.8, 4) is 0 Å². The fourth-order valence-corrected chi connectivity index (χ4v) is 2.55. The van der Waals surface area contributed by atoms with Crippen LogP contribution in [-0.4, -0.2) is 35.2 Å². The first-order valence-corrected chi connectivity index (χ1v) is 6.39. The maximum Gasteiger partial charge on any atom is 0.237 e. The largest absolute Gasteiger partial charge is 0.393 e. The minimum Gasteiger partial charge on any atom is -0.393 e. The van der Waals surface area contributed by atoms with Crippen molar-refractivity contribution < 1.29 is 9.90 Å². The summed E-state index contributed by atoms with van der Waals surface area (Å²) in [6.45, 7) is 1.90. The summed E-state index contributed by atoms with van der Waals surface area (Å²) in [5, 5.41) is 15.5. The van der Waals surface area contributed by atoms with Crippen molar-refractivity contribution in [2.24, 2.45) is 0 Å². The van der Waals surface area contributed by atoms with Crippen molar-refractivity contribution in [1.82, 2.24) is 10.6 Å². The third-order valence-corrected chi connectivity index (χ3v) is 3.69. The molecule has 2 fully saturated rings. The van der Waals surface area contributed by atoms with Gasteiger partial charge in [-0.25, -0.2) is 0 Å². The Kier molecular flexibility index (Phi) is 3.82. The van der Waals surface area contributed by atoms with Crippen molar-refractivity contribution >= 4 is 5.91 Å². The predicted molar refractivity (Wildman–Crippen MR) is 62.0 cm³/mol. The van der Waals surface area contributed by atoms with E-state index in [2.05, 4.69) is 10.6 Å². The van der Waals surface area contributed by atoms with Gasteiger partial charge in [0.2, 0.25) is 5.91 Å². The summed E-state index contributed by atoms with van der Waals surface area (Å²) in [7, 11) is 0. The maximum absolute atomic E-state index is 11.8.